The van der Waals surface area contributed by atoms with E-state index in [9.17, 15) is 9.90 Å². The van der Waals surface area contributed by atoms with E-state index in [1.165, 1.54) is 0 Å². The SMILES string of the molecule is Nc1nc2c(c(N3CC[C@@H](O)C3)n1)CCN(C(=O)[C@H]1CCCO1)CC2. The van der Waals surface area contributed by atoms with Gasteiger partial charge in [-0.05, 0) is 25.7 Å². The summed E-state index contributed by atoms with van der Waals surface area (Å²) >= 11 is 0. The minimum atomic E-state index is -0.324. The first-order valence-electron chi connectivity index (χ1n) is 9.10. The zero-order valence-corrected chi connectivity index (χ0v) is 14.4. The van der Waals surface area contributed by atoms with Crippen molar-refractivity contribution < 1.29 is 14.6 Å². The summed E-state index contributed by atoms with van der Waals surface area (Å²) in [6, 6.07) is 0. The van der Waals surface area contributed by atoms with Crippen LogP contribution in [-0.2, 0) is 22.4 Å². The number of β-amino-alcohol motifs (C(OH)–C–C–N with tert-alkyl or cyclic N) is 1. The van der Waals surface area contributed by atoms with Crippen LogP contribution in [0.2, 0.25) is 0 Å². The number of hydrogen-bond acceptors (Lipinski definition) is 7. The molecule has 4 rings (SSSR count). The third-order valence-electron chi connectivity index (χ3n) is 5.32. The highest BCUT2D eigenvalue weighted by Crippen LogP contribution is 2.28. The number of nitrogen functional groups attached to an aromatic ring is 1. The second kappa shape index (κ2) is 6.76. The topological polar surface area (TPSA) is 105 Å². The molecule has 1 aromatic heterocycles. The number of fused-ring (bicyclic) bond motifs is 1. The van der Waals surface area contributed by atoms with E-state index in [2.05, 4.69) is 14.9 Å². The van der Waals surface area contributed by atoms with Gasteiger partial charge in [-0.3, -0.25) is 4.79 Å². The van der Waals surface area contributed by atoms with Crippen LogP contribution >= 0.6 is 0 Å². The Bertz CT molecular complexity index is 662. The Morgan fingerprint density at radius 2 is 2.04 bits per heavy atom. The Labute approximate surface area is 147 Å². The van der Waals surface area contributed by atoms with Crippen molar-refractivity contribution in [1.82, 2.24) is 14.9 Å². The van der Waals surface area contributed by atoms with Crippen molar-refractivity contribution in [2.45, 2.75) is 44.3 Å². The third kappa shape index (κ3) is 3.28. The minimum absolute atomic E-state index is 0.0874. The summed E-state index contributed by atoms with van der Waals surface area (Å²) in [5, 5.41) is 9.84. The molecule has 2 fully saturated rings. The number of rotatable bonds is 2. The summed E-state index contributed by atoms with van der Waals surface area (Å²) in [5.41, 5.74) is 7.90. The molecule has 136 valence electrons. The second-order valence-corrected chi connectivity index (χ2v) is 7.05. The van der Waals surface area contributed by atoms with E-state index in [4.69, 9.17) is 10.5 Å². The summed E-state index contributed by atoms with van der Waals surface area (Å²) in [5.74, 6) is 1.17. The van der Waals surface area contributed by atoms with E-state index >= 15 is 0 Å². The minimum Gasteiger partial charge on any atom is -0.391 e. The second-order valence-electron chi connectivity index (χ2n) is 7.05. The van der Waals surface area contributed by atoms with E-state index in [0.717, 1.165) is 42.9 Å². The lowest BCUT2D eigenvalue weighted by Crippen LogP contribution is -2.40. The normalized spacial score (nSPS) is 26.6. The molecular weight excluding hydrogens is 322 g/mol. The van der Waals surface area contributed by atoms with Crippen molar-refractivity contribution >= 4 is 17.7 Å². The van der Waals surface area contributed by atoms with Gasteiger partial charge in [-0.1, -0.05) is 0 Å². The molecule has 3 aliphatic heterocycles. The summed E-state index contributed by atoms with van der Waals surface area (Å²) in [6.45, 7) is 3.28. The van der Waals surface area contributed by atoms with Crippen LogP contribution in [0.25, 0.3) is 0 Å². The average Bonchev–Trinajstić information content (AvgIpc) is 3.22. The highest BCUT2D eigenvalue weighted by molar-refractivity contribution is 5.81. The summed E-state index contributed by atoms with van der Waals surface area (Å²) in [4.78, 5) is 25.5. The molecule has 0 aromatic carbocycles. The lowest BCUT2D eigenvalue weighted by molar-refractivity contribution is -0.140. The molecule has 0 bridgehead atoms. The third-order valence-corrected chi connectivity index (χ3v) is 5.32. The van der Waals surface area contributed by atoms with Crippen molar-refractivity contribution in [2.24, 2.45) is 0 Å². The number of amides is 1. The molecule has 0 spiro atoms. The molecule has 1 aromatic rings. The number of aliphatic hydroxyl groups excluding tert-OH is 1. The first kappa shape index (κ1) is 16.5. The Morgan fingerprint density at radius 3 is 2.76 bits per heavy atom. The van der Waals surface area contributed by atoms with E-state index < -0.39 is 0 Å². The lowest BCUT2D eigenvalue weighted by atomic mass is 10.1. The zero-order valence-electron chi connectivity index (χ0n) is 14.4. The predicted octanol–water partition coefficient (Wildman–Crippen LogP) is -0.264. The van der Waals surface area contributed by atoms with Crippen molar-refractivity contribution in [1.29, 1.82) is 0 Å². The molecule has 3 N–H and O–H groups in total. The van der Waals surface area contributed by atoms with E-state index in [1.807, 2.05) is 4.90 Å². The number of nitrogens with two attached hydrogens (primary N) is 1. The van der Waals surface area contributed by atoms with Gasteiger partial charge < -0.3 is 25.4 Å². The Balaban J connectivity index is 1.55. The fourth-order valence-corrected chi connectivity index (χ4v) is 3.99. The van der Waals surface area contributed by atoms with Gasteiger partial charge in [0.2, 0.25) is 5.95 Å². The number of carbonyl (C=O) groups excluding carboxylic acids is 1. The number of aromatic nitrogens is 2. The largest absolute Gasteiger partial charge is 0.391 e. The quantitative estimate of drug-likeness (QED) is 0.759. The maximum absolute atomic E-state index is 12.7. The number of aliphatic hydroxyl groups is 1. The molecule has 4 heterocycles. The fourth-order valence-electron chi connectivity index (χ4n) is 3.99. The molecule has 2 saturated heterocycles. The molecular formula is C17H25N5O3. The molecule has 0 aliphatic carbocycles. The molecule has 8 heteroatoms. The van der Waals surface area contributed by atoms with Gasteiger partial charge in [0.1, 0.15) is 11.9 Å². The Kier molecular flexibility index (Phi) is 4.47. The number of hydrogen-bond donors (Lipinski definition) is 2. The summed E-state index contributed by atoms with van der Waals surface area (Å²) in [7, 11) is 0. The van der Waals surface area contributed by atoms with Gasteiger partial charge in [-0.15, -0.1) is 0 Å². The van der Waals surface area contributed by atoms with E-state index in [1.54, 1.807) is 0 Å². The van der Waals surface area contributed by atoms with Gasteiger partial charge in [0.15, 0.2) is 0 Å². The van der Waals surface area contributed by atoms with Crippen molar-refractivity contribution in [3.05, 3.63) is 11.3 Å². The highest BCUT2D eigenvalue weighted by Gasteiger charge is 2.31. The molecule has 2 atom stereocenters. The van der Waals surface area contributed by atoms with Crippen molar-refractivity contribution in [3.8, 4) is 0 Å². The molecule has 0 radical (unpaired) electrons. The van der Waals surface area contributed by atoms with Gasteiger partial charge in [-0.2, -0.15) is 4.98 Å². The van der Waals surface area contributed by atoms with Crippen LogP contribution in [0.1, 0.15) is 30.5 Å². The zero-order chi connectivity index (χ0) is 17.4. The van der Waals surface area contributed by atoms with E-state index in [-0.39, 0.29) is 24.1 Å². The van der Waals surface area contributed by atoms with Gasteiger partial charge in [0.25, 0.3) is 5.91 Å². The van der Waals surface area contributed by atoms with Crippen LogP contribution in [0.15, 0.2) is 0 Å². The summed E-state index contributed by atoms with van der Waals surface area (Å²) in [6.07, 6.45) is 3.27. The molecule has 3 aliphatic rings. The predicted molar refractivity (Wildman–Crippen MR) is 92.2 cm³/mol. The van der Waals surface area contributed by atoms with Crippen LogP contribution < -0.4 is 10.6 Å². The molecule has 1 amide bonds. The van der Waals surface area contributed by atoms with Gasteiger partial charge in [0.05, 0.1) is 11.8 Å². The number of carbonyl (C=O) groups is 1. The maximum atomic E-state index is 12.7. The number of anilines is 2. The van der Waals surface area contributed by atoms with Gasteiger partial charge in [-0.25, -0.2) is 4.98 Å². The molecule has 0 unspecified atom stereocenters. The van der Waals surface area contributed by atoms with Crippen LogP contribution in [0.4, 0.5) is 11.8 Å². The first-order chi connectivity index (χ1) is 12.1. The fraction of sp³-hybridized carbons (Fsp3) is 0.706. The standard InChI is InChI=1S/C17H25N5O3/c18-17-19-13-5-8-21(16(24)14-2-1-9-25-14)7-4-12(13)15(20-17)22-6-3-11(23)10-22/h11,14,23H,1-10H2,(H2,18,19,20)/t11-,14-/m1/s1. The van der Waals surface area contributed by atoms with Crippen LogP contribution in [-0.4, -0.2) is 70.9 Å². The smallest absolute Gasteiger partial charge is 0.251 e. The highest BCUT2D eigenvalue weighted by atomic mass is 16.5. The monoisotopic (exact) mass is 347 g/mol. The van der Waals surface area contributed by atoms with Crippen LogP contribution in [0, 0.1) is 0 Å². The molecule has 8 nitrogen and oxygen atoms in total. The van der Waals surface area contributed by atoms with E-state index in [0.29, 0.717) is 39.1 Å². The van der Waals surface area contributed by atoms with Gasteiger partial charge >= 0.3 is 0 Å². The maximum Gasteiger partial charge on any atom is 0.251 e. The number of ether oxygens (including phenoxy) is 1. The Hall–Kier alpha value is -1.93. The van der Waals surface area contributed by atoms with Crippen LogP contribution in [0.3, 0.4) is 0 Å². The van der Waals surface area contributed by atoms with Crippen molar-refractivity contribution in [2.75, 3.05) is 43.4 Å². The molecule has 0 saturated carbocycles. The number of nitrogens with zero attached hydrogens (tertiary/aromatic N) is 4. The van der Waals surface area contributed by atoms with Crippen molar-refractivity contribution in [3.63, 3.8) is 0 Å². The first-order valence-corrected chi connectivity index (χ1v) is 9.10. The van der Waals surface area contributed by atoms with Gasteiger partial charge in [0, 0.05) is 44.8 Å². The Morgan fingerprint density at radius 1 is 1.20 bits per heavy atom. The lowest BCUT2D eigenvalue weighted by Gasteiger charge is -2.23. The molecule has 25 heavy (non-hydrogen) atoms. The average molecular weight is 347 g/mol. The van der Waals surface area contributed by atoms with Crippen LogP contribution in [0.5, 0.6) is 0 Å². The summed E-state index contributed by atoms with van der Waals surface area (Å²) < 4.78 is 5.55.